The lowest BCUT2D eigenvalue weighted by Crippen LogP contribution is -2.44. The molecule has 3 aromatic heterocycles. The molecule has 0 bridgehead atoms. The number of anilines is 1. The summed E-state index contributed by atoms with van der Waals surface area (Å²) >= 11 is 0. The molecule has 0 spiro atoms. The number of hydrogen-bond acceptors (Lipinski definition) is 13. The fourth-order valence-corrected chi connectivity index (χ4v) is 4.53. The van der Waals surface area contributed by atoms with Gasteiger partial charge in [0.15, 0.2) is 0 Å². The summed E-state index contributed by atoms with van der Waals surface area (Å²) in [6.45, 7) is 7.69. The molecule has 16 heteroatoms. The van der Waals surface area contributed by atoms with Crippen molar-refractivity contribution in [2.24, 2.45) is 0 Å². The van der Waals surface area contributed by atoms with Crippen LogP contribution in [0.2, 0.25) is 0 Å². The van der Waals surface area contributed by atoms with Crippen molar-refractivity contribution in [3.05, 3.63) is 42.7 Å². The Hall–Kier alpha value is -5.25. The summed E-state index contributed by atoms with van der Waals surface area (Å²) in [6.07, 6.45) is 4.60. The van der Waals surface area contributed by atoms with Crippen molar-refractivity contribution in [2.45, 2.75) is 90.2 Å². The molecule has 4 rings (SSSR count). The SMILES string of the molecule is CC(C)(CCOC(C)(C)CCC(=O)ON1C(=O)CCC1=O)NC(=O)CCCC(=O)Nc1ccc(-c2nnc(-c3ccccn3)nn2)nc1. The van der Waals surface area contributed by atoms with Crippen LogP contribution in [0.3, 0.4) is 0 Å². The van der Waals surface area contributed by atoms with Gasteiger partial charge in [0.05, 0.1) is 23.9 Å². The minimum absolute atomic E-state index is 0.0355. The molecule has 0 unspecified atom stereocenters. The van der Waals surface area contributed by atoms with E-state index in [0.29, 0.717) is 53.8 Å². The highest BCUT2D eigenvalue weighted by Crippen LogP contribution is 2.21. The van der Waals surface area contributed by atoms with Gasteiger partial charge in [-0.25, -0.2) is 4.79 Å². The molecule has 0 aliphatic carbocycles. The minimum Gasteiger partial charge on any atom is -0.375 e. The van der Waals surface area contributed by atoms with Crippen molar-refractivity contribution in [2.75, 3.05) is 11.9 Å². The maximum absolute atomic E-state index is 12.6. The molecule has 3 aromatic rings. The molecule has 16 nitrogen and oxygen atoms in total. The number of nitrogens with zero attached hydrogens (tertiary/aromatic N) is 7. The van der Waals surface area contributed by atoms with E-state index in [1.165, 1.54) is 6.20 Å². The van der Waals surface area contributed by atoms with Crippen molar-refractivity contribution >= 4 is 35.3 Å². The normalized spacial score (nSPS) is 13.4. The quantitative estimate of drug-likeness (QED) is 0.212. The van der Waals surface area contributed by atoms with Gasteiger partial charge >= 0.3 is 5.97 Å². The van der Waals surface area contributed by atoms with E-state index in [1.54, 1.807) is 30.5 Å². The predicted octanol–water partition coefficient (Wildman–Crippen LogP) is 2.97. The molecule has 1 aliphatic rings. The zero-order chi connectivity index (χ0) is 34.7. The monoisotopic (exact) mass is 661 g/mol. The third kappa shape index (κ3) is 10.9. The molecular formula is C32H39N9O7. The smallest absolute Gasteiger partial charge is 0.333 e. The molecule has 4 amide bonds. The lowest BCUT2D eigenvalue weighted by Gasteiger charge is -2.30. The first-order chi connectivity index (χ1) is 22.8. The van der Waals surface area contributed by atoms with Crippen LogP contribution in [0.5, 0.6) is 0 Å². The zero-order valence-electron chi connectivity index (χ0n) is 27.4. The molecule has 1 saturated heterocycles. The number of aromatic nitrogens is 6. The number of rotatable bonds is 16. The molecular weight excluding hydrogens is 622 g/mol. The number of imide groups is 1. The van der Waals surface area contributed by atoms with Crippen LogP contribution in [0, 0.1) is 0 Å². The van der Waals surface area contributed by atoms with Crippen LogP contribution in [0.15, 0.2) is 42.7 Å². The van der Waals surface area contributed by atoms with E-state index in [0.717, 1.165) is 0 Å². The van der Waals surface area contributed by atoms with Crippen LogP contribution in [-0.2, 0) is 33.5 Å². The second kappa shape index (κ2) is 16.0. The van der Waals surface area contributed by atoms with E-state index >= 15 is 0 Å². The van der Waals surface area contributed by atoms with Gasteiger partial charge in [0.2, 0.25) is 23.5 Å². The minimum atomic E-state index is -0.685. The summed E-state index contributed by atoms with van der Waals surface area (Å²) in [6, 6.07) is 8.66. The van der Waals surface area contributed by atoms with Gasteiger partial charge in [0, 0.05) is 44.0 Å². The zero-order valence-corrected chi connectivity index (χ0v) is 27.4. The summed E-state index contributed by atoms with van der Waals surface area (Å²) in [4.78, 5) is 73.7. The second-order valence-electron chi connectivity index (χ2n) is 12.4. The van der Waals surface area contributed by atoms with Gasteiger partial charge in [0.25, 0.3) is 11.8 Å². The van der Waals surface area contributed by atoms with Gasteiger partial charge < -0.3 is 20.2 Å². The average molecular weight is 662 g/mol. The summed E-state index contributed by atoms with van der Waals surface area (Å²) in [7, 11) is 0. The first-order valence-corrected chi connectivity index (χ1v) is 15.6. The Morgan fingerprint density at radius 3 is 2.06 bits per heavy atom. The van der Waals surface area contributed by atoms with Crippen LogP contribution in [0.4, 0.5) is 5.69 Å². The van der Waals surface area contributed by atoms with E-state index < -0.39 is 28.9 Å². The first kappa shape index (κ1) is 35.6. The number of carbonyl (C=O) groups excluding carboxylic acids is 5. The maximum Gasteiger partial charge on any atom is 0.333 e. The van der Waals surface area contributed by atoms with Crippen molar-refractivity contribution in [1.29, 1.82) is 0 Å². The molecule has 0 radical (unpaired) electrons. The largest absolute Gasteiger partial charge is 0.375 e. The number of ether oxygens (including phenoxy) is 1. The number of nitrogens with one attached hydrogen (secondary N) is 2. The Balaban J connectivity index is 1.11. The molecule has 0 saturated carbocycles. The fraction of sp³-hybridized carbons (Fsp3) is 0.469. The van der Waals surface area contributed by atoms with Crippen LogP contribution in [0.1, 0.15) is 79.1 Å². The molecule has 1 aliphatic heterocycles. The molecule has 0 aromatic carbocycles. The van der Waals surface area contributed by atoms with Crippen LogP contribution in [0.25, 0.3) is 23.0 Å². The van der Waals surface area contributed by atoms with Crippen molar-refractivity contribution < 1.29 is 33.5 Å². The highest BCUT2D eigenvalue weighted by atomic mass is 16.7. The summed E-state index contributed by atoms with van der Waals surface area (Å²) < 4.78 is 5.95. The van der Waals surface area contributed by atoms with E-state index in [4.69, 9.17) is 9.57 Å². The second-order valence-corrected chi connectivity index (χ2v) is 12.4. The number of hydrogen-bond donors (Lipinski definition) is 2. The Morgan fingerprint density at radius 2 is 1.46 bits per heavy atom. The lowest BCUT2D eigenvalue weighted by molar-refractivity contribution is -0.198. The number of carbonyl (C=O) groups is 5. The highest BCUT2D eigenvalue weighted by Gasteiger charge is 2.33. The van der Waals surface area contributed by atoms with Gasteiger partial charge in [-0.1, -0.05) is 6.07 Å². The highest BCUT2D eigenvalue weighted by molar-refractivity contribution is 6.01. The summed E-state index contributed by atoms with van der Waals surface area (Å²) in [5, 5.41) is 22.5. The molecule has 2 N–H and O–H groups in total. The third-order valence-corrected chi connectivity index (χ3v) is 7.28. The average Bonchev–Trinajstić information content (AvgIpc) is 3.36. The fourth-order valence-electron chi connectivity index (χ4n) is 4.53. The number of hydroxylamine groups is 2. The van der Waals surface area contributed by atoms with Gasteiger partial charge in [0.1, 0.15) is 11.4 Å². The molecule has 1 fully saturated rings. The van der Waals surface area contributed by atoms with E-state index in [2.05, 4.69) is 41.0 Å². The van der Waals surface area contributed by atoms with Crippen LogP contribution >= 0.6 is 0 Å². The van der Waals surface area contributed by atoms with E-state index in [1.807, 2.05) is 33.8 Å². The Labute approximate surface area is 277 Å². The van der Waals surface area contributed by atoms with Gasteiger partial charge in [-0.05, 0) is 71.2 Å². The lowest BCUT2D eigenvalue weighted by atomic mass is 9.99. The van der Waals surface area contributed by atoms with Gasteiger partial charge in [-0.2, -0.15) is 0 Å². The van der Waals surface area contributed by atoms with Crippen molar-refractivity contribution in [1.82, 2.24) is 40.7 Å². The van der Waals surface area contributed by atoms with E-state index in [-0.39, 0.29) is 49.7 Å². The molecule has 0 atom stereocenters. The van der Waals surface area contributed by atoms with Gasteiger partial charge in [-0.3, -0.25) is 29.1 Å². The topological polar surface area (TPSA) is 208 Å². The predicted molar refractivity (Wildman–Crippen MR) is 170 cm³/mol. The molecule has 48 heavy (non-hydrogen) atoms. The number of pyridine rings is 2. The Kier molecular flexibility index (Phi) is 11.9. The van der Waals surface area contributed by atoms with Crippen molar-refractivity contribution in [3.63, 3.8) is 0 Å². The van der Waals surface area contributed by atoms with Gasteiger partial charge in [-0.15, -0.1) is 25.5 Å². The standard InChI is InChI=1S/C32H39N9O7/c1-31(2,17-19-47-32(3,4)16-15-28(46)48-41-26(44)13-14-27(41)45)36-25(43)10-7-9-24(42)35-21-11-12-23(34-20-21)30-39-37-29(38-40-30)22-8-5-6-18-33-22/h5-6,8,11-12,18,20H,7,9-10,13-17,19H2,1-4H3,(H,35,42)(H,36,43). The summed E-state index contributed by atoms with van der Waals surface area (Å²) in [5.41, 5.74) is 0.207. The molecule has 254 valence electrons. The Bertz CT molecular complexity index is 1580. The van der Waals surface area contributed by atoms with Crippen LogP contribution in [-0.4, -0.2) is 82.8 Å². The summed E-state index contributed by atoms with van der Waals surface area (Å²) in [5.74, 6) is -1.66. The van der Waals surface area contributed by atoms with Crippen LogP contribution < -0.4 is 10.6 Å². The van der Waals surface area contributed by atoms with Crippen molar-refractivity contribution in [3.8, 4) is 23.0 Å². The Morgan fingerprint density at radius 1 is 0.812 bits per heavy atom. The van der Waals surface area contributed by atoms with E-state index in [9.17, 15) is 24.0 Å². The molecule has 4 heterocycles. The first-order valence-electron chi connectivity index (χ1n) is 15.6. The third-order valence-electron chi connectivity index (χ3n) is 7.28. The number of amides is 4. The maximum atomic E-state index is 12.6.